The first kappa shape index (κ1) is 19.2. The minimum atomic E-state index is -0.0514. The Bertz CT molecular complexity index is 767. The van der Waals surface area contributed by atoms with Gasteiger partial charge in [0.25, 0.3) is 0 Å². The van der Waals surface area contributed by atoms with Crippen LogP contribution in [0.5, 0.6) is 0 Å². The van der Waals surface area contributed by atoms with E-state index in [0.717, 1.165) is 30.6 Å². The monoisotopic (exact) mass is 376 g/mol. The van der Waals surface area contributed by atoms with Crippen LogP contribution in [0.15, 0.2) is 54.6 Å². The van der Waals surface area contributed by atoms with Crippen LogP contribution >= 0.6 is 0 Å². The Hall–Kier alpha value is -2.13. The molecule has 2 heterocycles. The van der Waals surface area contributed by atoms with Gasteiger partial charge in [0.2, 0.25) is 5.91 Å². The predicted octanol–water partition coefficient (Wildman–Crippen LogP) is 5.02. The van der Waals surface area contributed by atoms with E-state index < -0.39 is 0 Å². The van der Waals surface area contributed by atoms with Crippen LogP contribution in [0.25, 0.3) is 0 Å². The normalized spacial score (nSPS) is 20.2. The third-order valence-corrected chi connectivity index (χ3v) is 6.28. The molecule has 1 unspecified atom stereocenters. The van der Waals surface area contributed by atoms with Gasteiger partial charge in [-0.1, -0.05) is 61.4 Å². The zero-order valence-corrected chi connectivity index (χ0v) is 16.9. The van der Waals surface area contributed by atoms with Gasteiger partial charge in [-0.25, -0.2) is 0 Å². The van der Waals surface area contributed by atoms with Gasteiger partial charge >= 0.3 is 0 Å². The standard InChI is InChI=1S/C25H32N2O/c28-25-23(21-12-4-1-5-13-21)20-22-14-6-7-15-24(22)27(25)19-11-3-10-18-26-16-8-2-9-17-26/h1,4-7,12-15,23H,2-3,8-11,16-20H2. The van der Waals surface area contributed by atoms with Gasteiger partial charge in [-0.3, -0.25) is 4.79 Å². The molecule has 2 aliphatic heterocycles. The van der Waals surface area contributed by atoms with Gasteiger partial charge in [0.15, 0.2) is 0 Å². The minimum absolute atomic E-state index is 0.0514. The van der Waals surface area contributed by atoms with Crippen LogP contribution in [-0.2, 0) is 11.2 Å². The molecule has 0 spiro atoms. The first-order valence-electron chi connectivity index (χ1n) is 11.0. The Balaban J connectivity index is 1.38. The summed E-state index contributed by atoms with van der Waals surface area (Å²) in [7, 11) is 0. The Morgan fingerprint density at radius 3 is 2.32 bits per heavy atom. The third kappa shape index (κ3) is 4.47. The maximum Gasteiger partial charge on any atom is 0.234 e. The second-order valence-electron chi connectivity index (χ2n) is 8.25. The van der Waals surface area contributed by atoms with Crippen molar-refractivity contribution in [3.63, 3.8) is 0 Å². The van der Waals surface area contributed by atoms with Crippen LogP contribution in [0.3, 0.4) is 0 Å². The number of nitrogens with zero attached hydrogens (tertiary/aromatic N) is 2. The van der Waals surface area contributed by atoms with Gasteiger partial charge in [-0.2, -0.15) is 0 Å². The van der Waals surface area contributed by atoms with E-state index in [4.69, 9.17) is 0 Å². The van der Waals surface area contributed by atoms with Crippen molar-refractivity contribution < 1.29 is 4.79 Å². The number of hydrogen-bond donors (Lipinski definition) is 0. The molecule has 3 nitrogen and oxygen atoms in total. The molecule has 1 atom stereocenters. The van der Waals surface area contributed by atoms with Gasteiger partial charge in [-0.15, -0.1) is 0 Å². The molecule has 1 saturated heterocycles. The van der Waals surface area contributed by atoms with E-state index in [9.17, 15) is 4.79 Å². The molecule has 0 saturated carbocycles. The molecular weight excluding hydrogens is 344 g/mol. The molecular formula is C25H32N2O. The fraction of sp³-hybridized carbons (Fsp3) is 0.480. The van der Waals surface area contributed by atoms with Gasteiger partial charge < -0.3 is 9.80 Å². The largest absolute Gasteiger partial charge is 0.312 e. The molecule has 1 fully saturated rings. The van der Waals surface area contributed by atoms with Crippen LogP contribution < -0.4 is 4.90 Å². The van der Waals surface area contributed by atoms with Crippen LogP contribution in [0.4, 0.5) is 5.69 Å². The number of amides is 1. The van der Waals surface area contributed by atoms with Crippen molar-refractivity contribution in [1.82, 2.24) is 4.90 Å². The Labute approximate surface area is 169 Å². The summed E-state index contributed by atoms with van der Waals surface area (Å²) in [6.45, 7) is 4.60. The molecule has 2 aromatic carbocycles. The van der Waals surface area contributed by atoms with Crippen molar-refractivity contribution in [2.45, 2.75) is 50.9 Å². The summed E-state index contributed by atoms with van der Waals surface area (Å²) in [5.74, 6) is 0.213. The molecule has 0 bridgehead atoms. The van der Waals surface area contributed by atoms with Gasteiger partial charge in [0, 0.05) is 12.2 Å². The number of likely N-dealkylation sites (tertiary alicyclic amines) is 1. The topological polar surface area (TPSA) is 23.6 Å². The number of piperidine rings is 1. The molecule has 1 amide bonds. The zero-order valence-electron chi connectivity index (χ0n) is 16.9. The van der Waals surface area contributed by atoms with E-state index in [-0.39, 0.29) is 11.8 Å². The second kappa shape index (κ2) is 9.38. The van der Waals surface area contributed by atoms with Gasteiger partial charge in [0.05, 0.1) is 5.92 Å². The van der Waals surface area contributed by atoms with Crippen molar-refractivity contribution in [1.29, 1.82) is 0 Å². The number of benzene rings is 2. The van der Waals surface area contributed by atoms with Crippen LogP contribution in [-0.4, -0.2) is 37.0 Å². The van der Waals surface area contributed by atoms with E-state index in [2.05, 4.69) is 46.2 Å². The Morgan fingerprint density at radius 1 is 0.786 bits per heavy atom. The lowest BCUT2D eigenvalue weighted by Crippen LogP contribution is -2.40. The molecule has 2 aromatic rings. The first-order chi connectivity index (χ1) is 13.8. The highest BCUT2D eigenvalue weighted by Gasteiger charge is 2.33. The number of para-hydroxylation sites is 1. The summed E-state index contributed by atoms with van der Waals surface area (Å²) in [4.78, 5) is 18.0. The van der Waals surface area contributed by atoms with Crippen molar-refractivity contribution >= 4 is 11.6 Å². The summed E-state index contributed by atoms with van der Waals surface area (Å²) in [6.07, 6.45) is 8.44. The van der Waals surface area contributed by atoms with Crippen LogP contribution in [0.2, 0.25) is 0 Å². The lowest BCUT2D eigenvalue weighted by molar-refractivity contribution is -0.120. The molecule has 148 valence electrons. The number of hydrogen-bond acceptors (Lipinski definition) is 2. The number of rotatable bonds is 7. The van der Waals surface area contributed by atoms with Gasteiger partial charge in [0.1, 0.15) is 0 Å². The summed E-state index contributed by atoms with van der Waals surface area (Å²) < 4.78 is 0. The summed E-state index contributed by atoms with van der Waals surface area (Å²) in [5.41, 5.74) is 3.55. The molecule has 2 aliphatic rings. The lowest BCUT2D eigenvalue weighted by Gasteiger charge is -2.34. The molecule has 4 rings (SSSR count). The second-order valence-corrected chi connectivity index (χ2v) is 8.25. The van der Waals surface area contributed by atoms with Crippen LogP contribution in [0.1, 0.15) is 55.6 Å². The molecule has 0 radical (unpaired) electrons. The summed E-state index contributed by atoms with van der Waals surface area (Å²) in [6, 6.07) is 18.7. The van der Waals surface area contributed by atoms with Gasteiger partial charge in [-0.05, 0) is 68.9 Å². The van der Waals surface area contributed by atoms with Crippen LogP contribution in [0, 0.1) is 0 Å². The number of carbonyl (C=O) groups excluding carboxylic acids is 1. The summed E-state index contributed by atoms with van der Waals surface area (Å²) >= 11 is 0. The number of anilines is 1. The predicted molar refractivity (Wildman–Crippen MR) is 116 cm³/mol. The lowest BCUT2D eigenvalue weighted by atomic mass is 9.86. The molecule has 0 aromatic heterocycles. The molecule has 0 aliphatic carbocycles. The Kier molecular flexibility index (Phi) is 6.43. The maximum absolute atomic E-state index is 13.3. The summed E-state index contributed by atoms with van der Waals surface area (Å²) in [5, 5.41) is 0. The first-order valence-corrected chi connectivity index (χ1v) is 11.0. The smallest absolute Gasteiger partial charge is 0.234 e. The quantitative estimate of drug-likeness (QED) is 0.634. The van der Waals surface area contributed by atoms with E-state index in [0.29, 0.717) is 0 Å². The number of carbonyl (C=O) groups is 1. The average molecular weight is 377 g/mol. The van der Waals surface area contributed by atoms with E-state index in [1.165, 1.54) is 57.3 Å². The molecule has 3 heteroatoms. The zero-order chi connectivity index (χ0) is 19.2. The molecule has 28 heavy (non-hydrogen) atoms. The number of unbranched alkanes of at least 4 members (excludes halogenated alkanes) is 2. The highest BCUT2D eigenvalue weighted by atomic mass is 16.2. The van der Waals surface area contributed by atoms with Crippen molar-refractivity contribution in [3.8, 4) is 0 Å². The van der Waals surface area contributed by atoms with E-state index in [1.54, 1.807) is 0 Å². The fourth-order valence-corrected chi connectivity index (χ4v) is 4.70. The SMILES string of the molecule is O=C1C(c2ccccc2)Cc2ccccc2N1CCCCCN1CCCCC1. The van der Waals surface area contributed by atoms with Crippen molar-refractivity contribution in [3.05, 3.63) is 65.7 Å². The average Bonchev–Trinajstić information content (AvgIpc) is 2.76. The van der Waals surface area contributed by atoms with E-state index in [1.807, 2.05) is 18.2 Å². The van der Waals surface area contributed by atoms with E-state index >= 15 is 0 Å². The minimum Gasteiger partial charge on any atom is -0.312 e. The number of fused-ring (bicyclic) bond motifs is 1. The maximum atomic E-state index is 13.3. The third-order valence-electron chi connectivity index (χ3n) is 6.28. The highest BCUT2D eigenvalue weighted by Crippen LogP contribution is 2.35. The Morgan fingerprint density at radius 2 is 1.50 bits per heavy atom. The fourth-order valence-electron chi connectivity index (χ4n) is 4.70. The molecule has 0 N–H and O–H groups in total. The van der Waals surface area contributed by atoms with Crippen molar-refractivity contribution in [2.75, 3.05) is 31.1 Å². The highest BCUT2D eigenvalue weighted by molar-refractivity contribution is 6.01. The van der Waals surface area contributed by atoms with Crippen molar-refractivity contribution in [2.24, 2.45) is 0 Å².